The Kier molecular flexibility index (Phi) is 6.12. The van der Waals surface area contributed by atoms with E-state index < -0.39 is 53.7 Å². The fraction of sp³-hybridized carbons (Fsp3) is 0.947. The molecule has 2 fully saturated rings. The molecule has 28 heavy (non-hydrogen) atoms. The molecule has 4 unspecified atom stereocenters. The molecule has 0 heterocycles. The van der Waals surface area contributed by atoms with Crippen molar-refractivity contribution in [1.82, 2.24) is 0 Å². The zero-order valence-electron chi connectivity index (χ0n) is 16.5. The van der Waals surface area contributed by atoms with Gasteiger partial charge < -0.3 is 9.84 Å². The zero-order chi connectivity index (χ0) is 21.7. The highest BCUT2D eigenvalue weighted by Gasteiger charge is 2.71. The van der Waals surface area contributed by atoms with Crippen molar-refractivity contribution in [3.05, 3.63) is 0 Å². The van der Waals surface area contributed by atoms with Crippen LogP contribution in [0.3, 0.4) is 0 Å². The minimum Gasteiger partial charge on any atom is -0.462 e. The van der Waals surface area contributed by atoms with E-state index in [0.717, 1.165) is 0 Å². The summed E-state index contributed by atoms with van der Waals surface area (Å²) in [6, 6.07) is 0. The second kappa shape index (κ2) is 7.36. The topological polar surface area (TPSA) is 46.5 Å². The van der Waals surface area contributed by atoms with Gasteiger partial charge in [-0.3, -0.25) is 4.79 Å². The van der Waals surface area contributed by atoms with E-state index in [1.165, 1.54) is 0 Å². The maximum atomic E-state index is 12.9. The quantitative estimate of drug-likeness (QED) is 0.473. The van der Waals surface area contributed by atoms with Gasteiger partial charge in [-0.05, 0) is 69.6 Å². The highest BCUT2D eigenvalue weighted by atomic mass is 19.4. The summed E-state index contributed by atoms with van der Waals surface area (Å²) in [5.41, 5.74) is -5.41. The number of hydrogen-bond donors (Lipinski definition) is 1. The molecule has 2 rings (SSSR count). The summed E-state index contributed by atoms with van der Waals surface area (Å²) in [5, 5.41) is 9.44. The molecule has 3 nitrogen and oxygen atoms in total. The Labute approximate surface area is 160 Å². The standard InChI is InChI=1S/C19H28F6O3/c1-10(2)8-16(3,4)15(26)28-14-7-11-5-12(14)6-13(11)9-17(27,18(20,21)22)19(23,24)25/h10-14,27H,5-9H2,1-4H3. The number of alkyl halides is 6. The minimum absolute atomic E-state index is 0.0850. The normalized spacial score (nSPS) is 28.9. The lowest BCUT2D eigenvalue weighted by Crippen LogP contribution is -2.58. The lowest BCUT2D eigenvalue weighted by molar-refractivity contribution is -0.373. The average Bonchev–Trinajstić information content (AvgIpc) is 3.02. The zero-order valence-corrected chi connectivity index (χ0v) is 16.5. The maximum absolute atomic E-state index is 12.9. The molecular weight excluding hydrogens is 390 g/mol. The van der Waals surface area contributed by atoms with Crippen LogP contribution in [0.1, 0.15) is 59.8 Å². The summed E-state index contributed by atoms with van der Waals surface area (Å²) in [7, 11) is 0. The lowest BCUT2D eigenvalue weighted by Gasteiger charge is -2.37. The van der Waals surface area contributed by atoms with E-state index in [4.69, 9.17) is 4.74 Å². The van der Waals surface area contributed by atoms with Gasteiger partial charge in [-0.2, -0.15) is 26.3 Å². The summed E-state index contributed by atoms with van der Waals surface area (Å²) < 4.78 is 83.2. The Morgan fingerprint density at radius 1 is 1.00 bits per heavy atom. The van der Waals surface area contributed by atoms with Crippen LogP contribution in [-0.4, -0.2) is 35.1 Å². The van der Waals surface area contributed by atoms with Crippen molar-refractivity contribution in [2.45, 2.75) is 83.9 Å². The van der Waals surface area contributed by atoms with Crippen molar-refractivity contribution in [2.75, 3.05) is 0 Å². The molecule has 0 saturated heterocycles. The molecule has 4 atom stereocenters. The number of halogens is 6. The summed E-state index contributed by atoms with van der Waals surface area (Å²) in [4.78, 5) is 12.4. The van der Waals surface area contributed by atoms with Crippen LogP contribution >= 0.6 is 0 Å². The van der Waals surface area contributed by atoms with Crippen molar-refractivity contribution < 1.29 is 41.0 Å². The molecule has 0 radical (unpaired) electrons. The molecule has 2 saturated carbocycles. The Bertz CT molecular complexity index is 567. The molecule has 2 aliphatic rings. The number of hydrogen-bond acceptors (Lipinski definition) is 3. The van der Waals surface area contributed by atoms with Gasteiger partial charge in [0, 0.05) is 0 Å². The van der Waals surface area contributed by atoms with Crippen molar-refractivity contribution in [2.24, 2.45) is 29.1 Å². The van der Waals surface area contributed by atoms with E-state index in [1.54, 1.807) is 13.8 Å². The number of esters is 1. The first kappa shape index (κ1) is 23.3. The molecule has 0 aromatic carbocycles. The number of carbonyl (C=O) groups is 1. The van der Waals surface area contributed by atoms with Gasteiger partial charge in [0.1, 0.15) is 6.10 Å². The molecule has 0 amide bonds. The van der Waals surface area contributed by atoms with Gasteiger partial charge in [-0.25, -0.2) is 0 Å². The summed E-state index contributed by atoms with van der Waals surface area (Å²) >= 11 is 0. The highest BCUT2D eigenvalue weighted by Crippen LogP contribution is 2.56. The van der Waals surface area contributed by atoms with Gasteiger partial charge in [0.25, 0.3) is 5.60 Å². The number of fused-ring (bicyclic) bond motifs is 2. The van der Waals surface area contributed by atoms with Crippen molar-refractivity contribution >= 4 is 5.97 Å². The van der Waals surface area contributed by atoms with E-state index in [1.807, 2.05) is 13.8 Å². The highest BCUT2D eigenvalue weighted by molar-refractivity contribution is 5.76. The second-order valence-corrected chi connectivity index (χ2v) is 9.47. The first-order valence-electron chi connectivity index (χ1n) is 9.55. The third-order valence-corrected chi connectivity index (χ3v) is 6.16. The van der Waals surface area contributed by atoms with Crippen molar-refractivity contribution in [3.8, 4) is 0 Å². The fourth-order valence-corrected chi connectivity index (χ4v) is 4.91. The van der Waals surface area contributed by atoms with Crippen LogP contribution < -0.4 is 0 Å². The van der Waals surface area contributed by atoms with Crippen LogP contribution in [0.5, 0.6) is 0 Å². The predicted octanol–water partition coefficient (Wildman–Crippen LogP) is 5.26. The van der Waals surface area contributed by atoms with Gasteiger partial charge in [-0.15, -0.1) is 0 Å². The van der Waals surface area contributed by atoms with Crippen LogP contribution in [0, 0.1) is 29.1 Å². The summed E-state index contributed by atoms with van der Waals surface area (Å²) in [5.74, 6) is -1.71. The molecule has 0 spiro atoms. The Balaban J connectivity index is 2.01. The average molecular weight is 418 g/mol. The molecule has 1 N–H and O–H groups in total. The van der Waals surface area contributed by atoms with Crippen molar-refractivity contribution in [3.63, 3.8) is 0 Å². The SMILES string of the molecule is CC(C)CC(C)(C)C(=O)OC1CC2CC1CC2CC(O)(C(F)(F)F)C(F)(F)F. The van der Waals surface area contributed by atoms with E-state index in [0.29, 0.717) is 12.8 Å². The molecule has 164 valence electrons. The van der Waals surface area contributed by atoms with Crippen LogP contribution in [-0.2, 0) is 9.53 Å². The largest absolute Gasteiger partial charge is 0.462 e. The number of ether oxygens (including phenoxy) is 1. The number of rotatable bonds is 6. The van der Waals surface area contributed by atoms with Crippen molar-refractivity contribution in [1.29, 1.82) is 0 Å². The predicted molar refractivity (Wildman–Crippen MR) is 89.1 cm³/mol. The molecule has 9 heteroatoms. The molecule has 2 aliphatic carbocycles. The maximum Gasteiger partial charge on any atom is 0.426 e. The Hall–Kier alpha value is -0.990. The van der Waals surface area contributed by atoms with E-state index in [9.17, 15) is 36.2 Å². The van der Waals surface area contributed by atoms with Crippen LogP contribution in [0.2, 0.25) is 0 Å². The van der Waals surface area contributed by atoms with Gasteiger partial charge in [0.2, 0.25) is 0 Å². The van der Waals surface area contributed by atoms with E-state index in [-0.39, 0.29) is 24.7 Å². The van der Waals surface area contributed by atoms with E-state index >= 15 is 0 Å². The van der Waals surface area contributed by atoms with Gasteiger partial charge >= 0.3 is 18.3 Å². The molecular formula is C19H28F6O3. The molecule has 2 bridgehead atoms. The molecule has 0 aromatic heterocycles. The van der Waals surface area contributed by atoms with E-state index in [2.05, 4.69) is 0 Å². The smallest absolute Gasteiger partial charge is 0.426 e. The summed E-state index contributed by atoms with van der Waals surface area (Å²) in [6.45, 7) is 7.47. The van der Waals surface area contributed by atoms with Crippen LogP contribution in [0.25, 0.3) is 0 Å². The minimum atomic E-state index is -5.79. The third kappa shape index (κ3) is 4.44. The molecule has 0 aromatic rings. The van der Waals surface area contributed by atoms with Gasteiger partial charge in [0.05, 0.1) is 5.41 Å². The van der Waals surface area contributed by atoms with Crippen LogP contribution in [0.15, 0.2) is 0 Å². The first-order chi connectivity index (χ1) is 12.5. The lowest BCUT2D eigenvalue weighted by atomic mass is 9.78. The van der Waals surface area contributed by atoms with Crippen LogP contribution in [0.4, 0.5) is 26.3 Å². The Morgan fingerprint density at radius 3 is 1.93 bits per heavy atom. The van der Waals surface area contributed by atoms with Gasteiger partial charge in [-0.1, -0.05) is 13.8 Å². The summed E-state index contributed by atoms with van der Waals surface area (Å²) in [6.07, 6.45) is -12.1. The molecule has 0 aliphatic heterocycles. The Morgan fingerprint density at radius 2 is 1.54 bits per heavy atom. The third-order valence-electron chi connectivity index (χ3n) is 6.16. The monoisotopic (exact) mass is 418 g/mol. The second-order valence-electron chi connectivity index (χ2n) is 9.47. The number of carbonyl (C=O) groups excluding carboxylic acids is 1. The van der Waals surface area contributed by atoms with Gasteiger partial charge in [0.15, 0.2) is 0 Å². The fourth-order valence-electron chi connectivity index (χ4n) is 4.91. The first-order valence-corrected chi connectivity index (χ1v) is 9.55. The number of aliphatic hydroxyl groups is 1.